The topological polar surface area (TPSA) is 90.0 Å². The lowest BCUT2D eigenvalue weighted by atomic mass is 10.2. The summed E-state index contributed by atoms with van der Waals surface area (Å²) in [7, 11) is 4.52. The molecule has 2 amide bonds. The fourth-order valence-electron chi connectivity index (χ4n) is 2.69. The normalized spacial score (nSPS) is 10.1. The molecule has 2 rings (SSSR count). The van der Waals surface area contributed by atoms with E-state index in [1.54, 1.807) is 24.5 Å². The highest BCUT2D eigenvalue weighted by molar-refractivity contribution is 5.93. The number of ether oxygens (including phenoxy) is 3. The predicted octanol–water partition coefficient (Wildman–Crippen LogP) is 2.17. The van der Waals surface area contributed by atoms with Gasteiger partial charge in [0.1, 0.15) is 0 Å². The molecule has 0 fully saturated rings. The van der Waals surface area contributed by atoms with E-state index in [-0.39, 0.29) is 24.8 Å². The molecule has 1 heterocycles. The standard InChI is InChI=1S/C20H25N3O5/c1-14(24)23(10-7-19(25)22-13-15-5-8-21-9-6-15)16-11-17(26-2)20(28-4)18(12-16)27-3/h5-6,8-9,11-12H,7,10,13H2,1-4H3,(H,22,25). The predicted molar refractivity (Wildman–Crippen MR) is 105 cm³/mol. The van der Waals surface area contributed by atoms with Gasteiger partial charge >= 0.3 is 0 Å². The first-order valence-corrected chi connectivity index (χ1v) is 8.73. The third-order valence-corrected chi connectivity index (χ3v) is 4.14. The van der Waals surface area contributed by atoms with Gasteiger partial charge in [0.2, 0.25) is 17.6 Å². The lowest BCUT2D eigenvalue weighted by molar-refractivity contribution is -0.121. The van der Waals surface area contributed by atoms with E-state index < -0.39 is 0 Å². The van der Waals surface area contributed by atoms with Crippen LogP contribution in [0, 0.1) is 0 Å². The monoisotopic (exact) mass is 387 g/mol. The minimum atomic E-state index is -0.198. The summed E-state index contributed by atoms with van der Waals surface area (Å²) in [5.41, 5.74) is 1.51. The molecule has 0 bridgehead atoms. The van der Waals surface area contributed by atoms with Crippen molar-refractivity contribution in [2.45, 2.75) is 19.9 Å². The van der Waals surface area contributed by atoms with E-state index in [0.717, 1.165) is 5.56 Å². The van der Waals surface area contributed by atoms with Gasteiger partial charge in [-0.25, -0.2) is 0 Å². The number of hydrogen-bond acceptors (Lipinski definition) is 6. The molecule has 0 radical (unpaired) electrons. The Kier molecular flexibility index (Phi) is 7.62. The van der Waals surface area contributed by atoms with Crippen LogP contribution in [0.1, 0.15) is 18.9 Å². The Morgan fingerprint density at radius 3 is 2.14 bits per heavy atom. The average molecular weight is 387 g/mol. The largest absolute Gasteiger partial charge is 0.493 e. The number of nitrogens with zero attached hydrogens (tertiary/aromatic N) is 2. The number of pyridine rings is 1. The molecule has 0 unspecified atom stereocenters. The molecule has 1 aromatic carbocycles. The number of carbonyl (C=O) groups excluding carboxylic acids is 2. The van der Waals surface area contributed by atoms with Crippen LogP contribution in [0.5, 0.6) is 17.2 Å². The SMILES string of the molecule is COc1cc(N(CCC(=O)NCc2ccncc2)C(C)=O)cc(OC)c1OC. The number of amides is 2. The molecule has 8 heteroatoms. The number of nitrogens with one attached hydrogen (secondary N) is 1. The lowest BCUT2D eigenvalue weighted by Crippen LogP contribution is -2.33. The van der Waals surface area contributed by atoms with Crippen molar-refractivity contribution in [1.82, 2.24) is 10.3 Å². The van der Waals surface area contributed by atoms with E-state index in [0.29, 0.717) is 29.5 Å². The van der Waals surface area contributed by atoms with Crippen LogP contribution in [0.2, 0.25) is 0 Å². The molecule has 0 saturated carbocycles. The molecule has 150 valence electrons. The van der Waals surface area contributed by atoms with Crippen LogP contribution in [-0.2, 0) is 16.1 Å². The molecule has 0 aliphatic rings. The number of aromatic nitrogens is 1. The molecular weight excluding hydrogens is 362 g/mol. The second kappa shape index (κ2) is 10.1. The van der Waals surface area contributed by atoms with Gasteiger partial charge in [0.05, 0.1) is 27.0 Å². The van der Waals surface area contributed by atoms with Gasteiger partial charge in [-0.1, -0.05) is 0 Å². The highest BCUT2D eigenvalue weighted by atomic mass is 16.5. The molecule has 1 N–H and O–H groups in total. The van der Waals surface area contributed by atoms with Crippen LogP contribution >= 0.6 is 0 Å². The van der Waals surface area contributed by atoms with Crippen molar-refractivity contribution in [3.8, 4) is 17.2 Å². The van der Waals surface area contributed by atoms with E-state index in [1.165, 1.54) is 33.2 Å². The molecule has 0 aliphatic carbocycles. The molecule has 0 spiro atoms. The fraction of sp³-hybridized carbons (Fsp3) is 0.350. The first-order chi connectivity index (χ1) is 13.5. The fourth-order valence-corrected chi connectivity index (χ4v) is 2.69. The maximum absolute atomic E-state index is 12.2. The van der Waals surface area contributed by atoms with Crippen molar-refractivity contribution in [3.63, 3.8) is 0 Å². The summed E-state index contributed by atoms with van der Waals surface area (Å²) in [5, 5.41) is 2.83. The molecule has 2 aromatic rings. The van der Waals surface area contributed by atoms with E-state index in [9.17, 15) is 9.59 Å². The summed E-state index contributed by atoms with van der Waals surface area (Å²) in [6.07, 6.45) is 3.49. The van der Waals surface area contributed by atoms with E-state index in [1.807, 2.05) is 12.1 Å². The van der Waals surface area contributed by atoms with Crippen LogP contribution < -0.4 is 24.4 Å². The molecule has 1 aromatic heterocycles. The van der Waals surface area contributed by atoms with Crippen LogP contribution in [0.4, 0.5) is 5.69 Å². The number of hydrogen-bond donors (Lipinski definition) is 1. The van der Waals surface area contributed by atoms with Crippen molar-refractivity contribution in [2.75, 3.05) is 32.8 Å². The first-order valence-electron chi connectivity index (χ1n) is 8.73. The van der Waals surface area contributed by atoms with Crippen LogP contribution in [0.15, 0.2) is 36.7 Å². The zero-order chi connectivity index (χ0) is 20.5. The number of rotatable bonds is 9. The van der Waals surface area contributed by atoms with Gasteiger partial charge < -0.3 is 24.4 Å². The second-order valence-corrected chi connectivity index (χ2v) is 5.94. The molecule has 28 heavy (non-hydrogen) atoms. The van der Waals surface area contributed by atoms with E-state index in [4.69, 9.17) is 14.2 Å². The summed E-state index contributed by atoms with van der Waals surface area (Å²) in [4.78, 5) is 29.8. The van der Waals surface area contributed by atoms with Gasteiger partial charge in [-0.2, -0.15) is 0 Å². The van der Waals surface area contributed by atoms with Crippen molar-refractivity contribution < 1.29 is 23.8 Å². The Morgan fingerprint density at radius 1 is 1.04 bits per heavy atom. The molecule has 0 saturated heterocycles. The van der Waals surface area contributed by atoms with Gasteiger partial charge in [0, 0.05) is 51.0 Å². The summed E-state index contributed by atoms with van der Waals surface area (Å²) in [6, 6.07) is 7.02. The minimum Gasteiger partial charge on any atom is -0.493 e. The van der Waals surface area contributed by atoms with Crippen LogP contribution in [0.25, 0.3) is 0 Å². The number of benzene rings is 1. The van der Waals surface area contributed by atoms with Gasteiger partial charge in [0.15, 0.2) is 11.5 Å². The zero-order valence-electron chi connectivity index (χ0n) is 16.5. The van der Waals surface area contributed by atoms with Gasteiger partial charge in [-0.15, -0.1) is 0 Å². The minimum absolute atomic E-state index is 0.154. The summed E-state index contributed by atoms with van der Waals surface area (Å²) in [5.74, 6) is 0.953. The molecule has 0 atom stereocenters. The van der Waals surface area contributed by atoms with Crippen molar-refractivity contribution in [1.29, 1.82) is 0 Å². The first kappa shape index (κ1) is 21.0. The van der Waals surface area contributed by atoms with Crippen molar-refractivity contribution in [3.05, 3.63) is 42.2 Å². The number of carbonyl (C=O) groups is 2. The quantitative estimate of drug-likeness (QED) is 0.709. The smallest absolute Gasteiger partial charge is 0.223 e. The van der Waals surface area contributed by atoms with Crippen LogP contribution in [-0.4, -0.2) is 44.7 Å². The molecule has 0 aliphatic heterocycles. The second-order valence-electron chi connectivity index (χ2n) is 5.94. The molecular formula is C20H25N3O5. The van der Waals surface area contributed by atoms with Gasteiger partial charge in [-0.05, 0) is 17.7 Å². The number of anilines is 1. The summed E-state index contributed by atoms with van der Waals surface area (Å²) >= 11 is 0. The Bertz CT molecular complexity index is 786. The maximum Gasteiger partial charge on any atom is 0.223 e. The summed E-state index contributed by atoms with van der Waals surface area (Å²) < 4.78 is 16.0. The van der Waals surface area contributed by atoms with Crippen molar-refractivity contribution in [2.24, 2.45) is 0 Å². The highest BCUT2D eigenvalue weighted by Gasteiger charge is 2.19. The third-order valence-electron chi connectivity index (χ3n) is 4.14. The molecule has 8 nitrogen and oxygen atoms in total. The third kappa shape index (κ3) is 5.35. The van der Waals surface area contributed by atoms with E-state index in [2.05, 4.69) is 10.3 Å². The highest BCUT2D eigenvalue weighted by Crippen LogP contribution is 2.41. The van der Waals surface area contributed by atoms with E-state index >= 15 is 0 Å². The van der Waals surface area contributed by atoms with Crippen molar-refractivity contribution >= 4 is 17.5 Å². The average Bonchev–Trinajstić information content (AvgIpc) is 2.71. The van der Waals surface area contributed by atoms with Gasteiger partial charge in [-0.3, -0.25) is 14.6 Å². The lowest BCUT2D eigenvalue weighted by Gasteiger charge is -2.23. The Labute approximate surface area is 164 Å². The van der Waals surface area contributed by atoms with Gasteiger partial charge in [0.25, 0.3) is 0 Å². The Balaban J connectivity index is 2.09. The number of methoxy groups -OCH3 is 3. The Morgan fingerprint density at radius 2 is 1.64 bits per heavy atom. The summed E-state index contributed by atoms with van der Waals surface area (Å²) in [6.45, 7) is 2.07. The maximum atomic E-state index is 12.2. The van der Waals surface area contributed by atoms with Crippen LogP contribution in [0.3, 0.4) is 0 Å². The Hall–Kier alpha value is -3.29. The zero-order valence-corrected chi connectivity index (χ0v) is 16.5.